The first kappa shape index (κ1) is 18.0. The van der Waals surface area contributed by atoms with Gasteiger partial charge in [0.15, 0.2) is 17.1 Å². The number of ether oxygens (including phenoxy) is 1. The van der Waals surface area contributed by atoms with Crippen molar-refractivity contribution in [2.75, 3.05) is 25.5 Å². The summed E-state index contributed by atoms with van der Waals surface area (Å²) in [6.45, 7) is 7.14. The second kappa shape index (κ2) is 8.06. The van der Waals surface area contributed by atoms with Gasteiger partial charge < -0.3 is 14.5 Å². The summed E-state index contributed by atoms with van der Waals surface area (Å²) in [6.07, 6.45) is 0. The summed E-state index contributed by atoms with van der Waals surface area (Å²) in [4.78, 5) is 14.9. The first-order valence-corrected chi connectivity index (χ1v) is 8.83. The Bertz CT molecular complexity index is 897. The fourth-order valence-corrected chi connectivity index (χ4v) is 2.95. The quantitative estimate of drug-likeness (QED) is 0.678. The maximum atomic E-state index is 12.6. The number of methoxy groups -OCH3 is 1. The maximum Gasteiger partial charge on any atom is 0.291 e. The van der Waals surface area contributed by atoms with Gasteiger partial charge in [0.25, 0.3) is 5.91 Å². The van der Waals surface area contributed by atoms with Crippen LogP contribution in [0, 0.1) is 0 Å². The van der Waals surface area contributed by atoms with Crippen molar-refractivity contribution in [1.82, 2.24) is 4.90 Å². The minimum absolute atomic E-state index is 0.263. The van der Waals surface area contributed by atoms with Crippen LogP contribution in [0.2, 0.25) is 0 Å². The van der Waals surface area contributed by atoms with Gasteiger partial charge in [-0.2, -0.15) is 0 Å². The number of rotatable bonds is 7. The summed E-state index contributed by atoms with van der Waals surface area (Å²) in [6, 6.07) is 15.2. The number of hydrogen-bond acceptors (Lipinski definition) is 4. The third-order valence-electron chi connectivity index (χ3n) is 4.44. The molecule has 1 amide bonds. The number of nitrogens with zero attached hydrogens (tertiary/aromatic N) is 1. The summed E-state index contributed by atoms with van der Waals surface area (Å²) in [5, 5.41) is 3.75. The highest BCUT2D eigenvalue weighted by atomic mass is 16.5. The van der Waals surface area contributed by atoms with Crippen LogP contribution in [0.5, 0.6) is 5.75 Å². The van der Waals surface area contributed by atoms with E-state index in [2.05, 4.69) is 30.1 Å². The molecule has 0 saturated carbocycles. The van der Waals surface area contributed by atoms with Gasteiger partial charge in [-0.15, -0.1) is 0 Å². The van der Waals surface area contributed by atoms with E-state index in [-0.39, 0.29) is 11.7 Å². The van der Waals surface area contributed by atoms with Gasteiger partial charge in [0.2, 0.25) is 0 Å². The average molecular weight is 352 g/mol. The van der Waals surface area contributed by atoms with Gasteiger partial charge in [-0.3, -0.25) is 9.69 Å². The first-order valence-electron chi connectivity index (χ1n) is 8.83. The summed E-state index contributed by atoms with van der Waals surface area (Å²) >= 11 is 0. The van der Waals surface area contributed by atoms with Gasteiger partial charge in [0, 0.05) is 17.6 Å². The van der Waals surface area contributed by atoms with Crippen molar-refractivity contribution >= 4 is 22.6 Å². The molecule has 0 aliphatic carbocycles. The number of hydrogen-bond donors (Lipinski definition) is 1. The van der Waals surface area contributed by atoms with Crippen molar-refractivity contribution in [3.63, 3.8) is 0 Å². The molecule has 136 valence electrons. The summed E-state index contributed by atoms with van der Waals surface area (Å²) < 4.78 is 11.0. The molecule has 1 heterocycles. The lowest BCUT2D eigenvalue weighted by atomic mass is 10.2. The molecule has 2 aromatic carbocycles. The normalized spacial score (nSPS) is 11.1. The van der Waals surface area contributed by atoms with Crippen LogP contribution in [-0.2, 0) is 6.54 Å². The van der Waals surface area contributed by atoms with E-state index in [0.29, 0.717) is 11.3 Å². The van der Waals surface area contributed by atoms with Crippen molar-refractivity contribution in [1.29, 1.82) is 0 Å². The molecule has 3 aromatic rings. The smallest absolute Gasteiger partial charge is 0.291 e. The number of furan rings is 1. The Hall–Kier alpha value is -2.79. The Labute approximate surface area is 153 Å². The molecule has 0 radical (unpaired) electrons. The van der Waals surface area contributed by atoms with Crippen molar-refractivity contribution in [3.8, 4) is 5.75 Å². The Balaban J connectivity index is 1.78. The van der Waals surface area contributed by atoms with Crippen LogP contribution >= 0.6 is 0 Å². The fourth-order valence-electron chi connectivity index (χ4n) is 2.95. The Morgan fingerprint density at radius 2 is 1.88 bits per heavy atom. The molecule has 1 N–H and O–H groups in total. The average Bonchev–Trinajstić information content (AvgIpc) is 3.11. The number of para-hydroxylation sites is 1. The molecule has 26 heavy (non-hydrogen) atoms. The largest absolute Gasteiger partial charge is 0.493 e. The van der Waals surface area contributed by atoms with E-state index >= 15 is 0 Å². The number of benzene rings is 2. The standard InChI is InChI=1S/C21H24N2O3/c1-4-23(5-2)14-15-8-6-10-17(12-15)22-21(24)19-13-16-9-7-11-18(25-3)20(16)26-19/h6-13H,4-5,14H2,1-3H3,(H,22,24). The molecular weight excluding hydrogens is 328 g/mol. The number of carbonyl (C=O) groups is 1. The molecule has 0 spiro atoms. The van der Waals surface area contributed by atoms with Gasteiger partial charge in [0.05, 0.1) is 7.11 Å². The third-order valence-corrected chi connectivity index (χ3v) is 4.44. The minimum atomic E-state index is -0.275. The Morgan fingerprint density at radius 3 is 2.62 bits per heavy atom. The zero-order chi connectivity index (χ0) is 18.5. The van der Waals surface area contributed by atoms with Crippen LogP contribution in [0.15, 0.2) is 52.9 Å². The second-order valence-electron chi connectivity index (χ2n) is 6.11. The van der Waals surface area contributed by atoms with Crippen molar-refractivity contribution in [2.24, 2.45) is 0 Å². The van der Waals surface area contributed by atoms with Crippen molar-refractivity contribution in [3.05, 3.63) is 59.9 Å². The van der Waals surface area contributed by atoms with Gasteiger partial charge in [-0.1, -0.05) is 38.1 Å². The number of amides is 1. The number of nitrogens with one attached hydrogen (secondary N) is 1. The van der Waals surface area contributed by atoms with Gasteiger partial charge in [-0.25, -0.2) is 0 Å². The molecule has 0 bridgehead atoms. The fraction of sp³-hybridized carbons (Fsp3) is 0.286. The maximum absolute atomic E-state index is 12.6. The van der Waals surface area contributed by atoms with E-state index < -0.39 is 0 Å². The van der Waals surface area contributed by atoms with E-state index in [0.717, 1.165) is 36.3 Å². The van der Waals surface area contributed by atoms with Crippen LogP contribution < -0.4 is 10.1 Å². The van der Waals surface area contributed by atoms with Crippen LogP contribution in [0.25, 0.3) is 11.0 Å². The van der Waals surface area contributed by atoms with E-state index in [4.69, 9.17) is 9.15 Å². The van der Waals surface area contributed by atoms with Gasteiger partial charge in [0.1, 0.15) is 0 Å². The number of fused-ring (bicyclic) bond motifs is 1. The van der Waals surface area contributed by atoms with E-state index in [9.17, 15) is 4.79 Å². The monoisotopic (exact) mass is 352 g/mol. The molecule has 5 nitrogen and oxygen atoms in total. The van der Waals surface area contributed by atoms with E-state index in [1.807, 2.05) is 36.4 Å². The summed E-state index contributed by atoms with van der Waals surface area (Å²) in [7, 11) is 1.58. The predicted octanol–water partition coefficient (Wildman–Crippen LogP) is 4.54. The lowest BCUT2D eigenvalue weighted by Crippen LogP contribution is -2.22. The third kappa shape index (κ3) is 3.89. The summed E-state index contributed by atoms with van der Waals surface area (Å²) in [5.74, 6) is 0.602. The van der Waals surface area contributed by atoms with Crippen LogP contribution in [0.4, 0.5) is 5.69 Å². The van der Waals surface area contributed by atoms with Crippen molar-refractivity contribution in [2.45, 2.75) is 20.4 Å². The highest BCUT2D eigenvalue weighted by Crippen LogP contribution is 2.28. The molecular formula is C21H24N2O3. The Kier molecular flexibility index (Phi) is 5.58. The lowest BCUT2D eigenvalue weighted by molar-refractivity contribution is 0.0998. The molecule has 0 aliphatic heterocycles. The van der Waals surface area contributed by atoms with Gasteiger partial charge in [-0.05, 0) is 42.9 Å². The van der Waals surface area contributed by atoms with Crippen LogP contribution in [-0.4, -0.2) is 31.0 Å². The highest BCUT2D eigenvalue weighted by molar-refractivity contribution is 6.05. The van der Waals surface area contributed by atoms with E-state index in [1.165, 1.54) is 0 Å². The topological polar surface area (TPSA) is 54.7 Å². The van der Waals surface area contributed by atoms with E-state index in [1.54, 1.807) is 13.2 Å². The molecule has 0 aliphatic rings. The zero-order valence-corrected chi connectivity index (χ0v) is 15.4. The first-order chi connectivity index (χ1) is 12.6. The summed E-state index contributed by atoms with van der Waals surface area (Å²) in [5.41, 5.74) is 2.50. The minimum Gasteiger partial charge on any atom is -0.493 e. The second-order valence-corrected chi connectivity index (χ2v) is 6.11. The zero-order valence-electron chi connectivity index (χ0n) is 15.4. The lowest BCUT2D eigenvalue weighted by Gasteiger charge is -2.18. The SMILES string of the molecule is CCN(CC)Cc1cccc(NC(=O)c2cc3cccc(OC)c3o2)c1. The molecule has 5 heteroatoms. The highest BCUT2D eigenvalue weighted by Gasteiger charge is 2.15. The number of anilines is 1. The Morgan fingerprint density at radius 1 is 1.12 bits per heavy atom. The van der Waals surface area contributed by atoms with Crippen LogP contribution in [0.3, 0.4) is 0 Å². The van der Waals surface area contributed by atoms with Gasteiger partial charge >= 0.3 is 0 Å². The molecule has 0 unspecified atom stereocenters. The molecule has 0 fully saturated rings. The molecule has 3 rings (SSSR count). The molecule has 0 saturated heterocycles. The molecule has 0 atom stereocenters. The number of carbonyl (C=O) groups excluding carboxylic acids is 1. The van der Waals surface area contributed by atoms with Crippen molar-refractivity contribution < 1.29 is 13.9 Å². The van der Waals surface area contributed by atoms with Crippen LogP contribution in [0.1, 0.15) is 30.0 Å². The predicted molar refractivity (Wildman–Crippen MR) is 104 cm³/mol. The molecule has 1 aromatic heterocycles.